The first-order valence-corrected chi connectivity index (χ1v) is 10.2. The summed E-state index contributed by atoms with van der Waals surface area (Å²) in [6.45, 7) is 10.5. The van der Waals surface area contributed by atoms with Crippen molar-refractivity contribution in [2.45, 2.75) is 76.5 Å². The van der Waals surface area contributed by atoms with E-state index >= 15 is 0 Å². The van der Waals surface area contributed by atoms with Gasteiger partial charge < -0.3 is 19.5 Å². The average Bonchev–Trinajstić information content (AvgIpc) is 2.56. The standard InChI is InChI=1S/C21H31NO6S/c1-20(2,3)27-17(23)13-12-16(18(24)28-21(4,5)6)22-19(25)29-15-10-8-14(26-7)9-11-15/h8-11,16H,12-13H2,1-7H3,(H,22,25)/t16-/m1/s1. The van der Waals surface area contributed by atoms with Crippen LogP contribution in [-0.2, 0) is 19.1 Å². The van der Waals surface area contributed by atoms with E-state index in [1.165, 1.54) is 0 Å². The van der Waals surface area contributed by atoms with Gasteiger partial charge in [-0.1, -0.05) is 0 Å². The second kappa shape index (κ2) is 10.5. The molecule has 0 unspecified atom stereocenters. The number of carbonyl (C=O) groups is 3. The molecule has 7 nitrogen and oxygen atoms in total. The van der Waals surface area contributed by atoms with Crippen LogP contribution in [-0.4, -0.2) is 41.5 Å². The summed E-state index contributed by atoms with van der Waals surface area (Å²) < 4.78 is 15.7. The van der Waals surface area contributed by atoms with Crippen molar-refractivity contribution in [1.29, 1.82) is 0 Å². The quantitative estimate of drug-likeness (QED) is 0.513. The molecule has 0 spiro atoms. The minimum Gasteiger partial charge on any atom is -0.497 e. The van der Waals surface area contributed by atoms with Crippen molar-refractivity contribution < 1.29 is 28.6 Å². The maximum atomic E-state index is 12.5. The molecule has 0 radical (unpaired) electrons. The molecule has 1 aromatic rings. The highest BCUT2D eigenvalue weighted by Gasteiger charge is 2.28. The molecule has 0 bridgehead atoms. The van der Waals surface area contributed by atoms with Crippen LogP contribution in [0, 0.1) is 0 Å². The first-order chi connectivity index (χ1) is 13.3. The molecule has 162 valence electrons. The SMILES string of the molecule is COc1ccc(SC(=O)N[C@H](CCC(=O)OC(C)(C)C)C(=O)OC(C)(C)C)cc1. The van der Waals surface area contributed by atoms with Crippen molar-refractivity contribution in [3.8, 4) is 5.75 Å². The topological polar surface area (TPSA) is 90.9 Å². The lowest BCUT2D eigenvalue weighted by molar-refractivity contribution is -0.158. The third-order valence-electron chi connectivity index (χ3n) is 3.31. The van der Waals surface area contributed by atoms with Gasteiger partial charge in [-0.05, 0) is 84.0 Å². The summed E-state index contributed by atoms with van der Waals surface area (Å²) in [7, 11) is 1.56. The summed E-state index contributed by atoms with van der Waals surface area (Å²) in [5, 5.41) is 2.22. The Morgan fingerprint density at radius 1 is 0.966 bits per heavy atom. The fraction of sp³-hybridized carbons (Fsp3) is 0.571. The van der Waals surface area contributed by atoms with Crippen molar-refractivity contribution in [3.05, 3.63) is 24.3 Å². The molecule has 8 heteroatoms. The van der Waals surface area contributed by atoms with Gasteiger partial charge in [0.15, 0.2) is 0 Å². The Hall–Kier alpha value is -2.22. The summed E-state index contributed by atoms with van der Waals surface area (Å²) in [5.74, 6) is -0.355. The number of esters is 2. The number of hydrogen-bond donors (Lipinski definition) is 1. The molecule has 0 saturated carbocycles. The van der Waals surface area contributed by atoms with Crippen LogP contribution < -0.4 is 10.1 Å². The molecule has 1 atom stereocenters. The summed E-state index contributed by atoms with van der Waals surface area (Å²) in [6.07, 6.45) is 0.0629. The molecule has 0 aliphatic heterocycles. The number of benzene rings is 1. The third kappa shape index (κ3) is 10.8. The van der Waals surface area contributed by atoms with Crippen LogP contribution in [0.2, 0.25) is 0 Å². The van der Waals surface area contributed by atoms with E-state index in [2.05, 4.69) is 5.32 Å². The molecule has 0 aliphatic rings. The maximum Gasteiger partial charge on any atom is 0.329 e. The van der Waals surface area contributed by atoms with Crippen molar-refractivity contribution >= 4 is 28.9 Å². The lowest BCUT2D eigenvalue weighted by atomic mass is 10.1. The number of nitrogens with one attached hydrogen (secondary N) is 1. The Bertz CT molecular complexity index is 703. The molecule has 29 heavy (non-hydrogen) atoms. The zero-order valence-corrected chi connectivity index (χ0v) is 19.0. The number of ether oxygens (including phenoxy) is 3. The van der Waals surface area contributed by atoms with E-state index in [0.717, 1.165) is 11.8 Å². The maximum absolute atomic E-state index is 12.5. The number of amides is 1. The van der Waals surface area contributed by atoms with Crippen LogP contribution in [0.25, 0.3) is 0 Å². The lowest BCUT2D eigenvalue weighted by Crippen LogP contribution is -2.43. The molecular weight excluding hydrogens is 394 g/mol. The number of methoxy groups -OCH3 is 1. The lowest BCUT2D eigenvalue weighted by Gasteiger charge is -2.25. The predicted octanol–water partition coefficient (Wildman–Crippen LogP) is 4.33. The molecular formula is C21H31NO6S. The number of carbonyl (C=O) groups excluding carboxylic acids is 3. The normalized spacial score (nSPS) is 12.7. The van der Waals surface area contributed by atoms with E-state index in [-0.39, 0.29) is 12.8 Å². The van der Waals surface area contributed by atoms with Gasteiger partial charge in [0.05, 0.1) is 7.11 Å². The molecule has 0 aromatic heterocycles. The Kier molecular flexibility index (Phi) is 9.01. The molecule has 0 fully saturated rings. The predicted molar refractivity (Wildman–Crippen MR) is 112 cm³/mol. The van der Waals surface area contributed by atoms with Crippen LogP contribution in [0.15, 0.2) is 29.2 Å². The van der Waals surface area contributed by atoms with E-state index in [0.29, 0.717) is 10.6 Å². The molecule has 1 rings (SSSR count). The van der Waals surface area contributed by atoms with Gasteiger partial charge in [0.25, 0.3) is 5.24 Å². The fourth-order valence-electron chi connectivity index (χ4n) is 2.20. The molecule has 0 heterocycles. The molecule has 1 aromatic carbocycles. The first kappa shape index (κ1) is 24.8. The number of rotatable bonds is 7. The third-order valence-corrected chi connectivity index (χ3v) is 4.12. The second-order valence-corrected chi connectivity index (χ2v) is 9.47. The highest BCUT2D eigenvalue weighted by atomic mass is 32.2. The Balaban J connectivity index is 2.76. The second-order valence-electron chi connectivity index (χ2n) is 8.42. The Labute approximate surface area is 176 Å². The van der Waals surface area contributed by atoms with Gasteiger partial charge in [0.1, 0.15) is 23.0 Å². The number of thioether (sulfide) groups is 1. The monoisotopic (exact) mass is 425 g/mol. The smallest absolute Gasteiger partial charge is 0.329 e. The summed E-state index contributed by atoms with van der Waals surface area (Å²) in [4.78, 5) is 37.6. The van der Waals surface area contributed by atoms with Gasteiger partial charge >= 0.3 is 11.9 Å². The van der Waals surface area contributed by atoms with Crippen molar-refractivity contribution in [1.82, 2.24) is 5.32 Å². The number of hydrogen-bond acceptors (Lipinski definition) is 7. The zero-order chi connectivity index (χ0) is 22.2. The largest absolute Gasteiger partial charge is 0.497 e. The van der Waals surface area contributed by atoms with Gasteiger partial charge in [-0.15, -0.1) is 0 Å². The van der Waals surface area contributed by atoms with Crippen LogP contribution >= 0.6 is 11.8 Å². The van der Waals surface area contributed by atoms with Crippen LogP contribution in [0.5, 0.6) is 5.75 Å². The van der Waals surface area contributed by atoms with Crippen LogP contribution in [0.3, 0.4) is 0 Å². The van der Waals surface area contributed by atoms with E-state index in [1.54, 1.807) is 72.9 Å². The van der Waals surface area contributed by atoms with Crippen molar-refractivity contribution in [2.24, 2.45) is 0 Å². The first-order valence-electron chi connectivity index (χ1n) is 9.36. The highest BCUT2D eigenvalue weighted by Crippen LogP contribution is 2.22. The van der Waals surface area contributed by atoms with E-state index in [9.17, 15) is 14.4 Å². The Morgan fingerprint density at radius 2 is 1.52 bits per heavy atom. The Morgan fingerprint density at radius 3 is 2.00 bits per heavy atom. The molecule has 0 aliphatic carbocycles. The van der Waals surface area contributed by atoms with Crippen molar-refractivity contribution in [2.75, 3.05) is 7.11 Å². The average molecular weight is 426 g/mol. The molecule has 0 saturated heterocycles. The van der Waals surface area contributed by atoms with E-state index in [4.69, 9.17) is 14.2 Å². The fourth-order valence-corrected chi connectivity index (χ4v) is 2.89. The van der Waals surface area contributed by atoms with Crippen LogP contribution in [0.1, 0.15) is 54.4 Å². The van der Waals surface area contributed by atoms with Gasteiger partial charge in [-0.2, -0.15) is 0 Å². The summed E-state index contributed by atoms with van der Waals surface area (Å²) >= 11 is 0.941. The van der Waals surface area contributed by atoms with Gasteiger partial charge in [-0.3, -0.25) is 9.59 Å². The van der Waals surface area contributed by atoms with Gasteiger partial charge in [-0.25, -0.2) is 4.79 Å². The van der Waals surface area contributed by atoms with E-state index < -0.39 is 34.4 Å². The summed E-state index contributed by atoms with van der Waals surface area (Å²) in [6, 6.07) is 6.01. The van der Waals surface area contributed by atoms with Crippen molar-refractivity contribution in [3.63, 3.8) is 0 Å². The molecule has 1 amide bonds. The molecule has 1 N–H and O–H groups in total. The zero-order valence-electron chi connectivity index (χ0n) is 18.2. The van der Waals surface area contributed by atoms with Crippen LogP contribution in [0.4, 0.5) is 4.79 Å². The highest BCUT2D eigenvalue weighted by molar-refractivity contribution is 8.13. The minimum absolute atomic E-state index is 0.0192. The van der Waals surface area contributed by atoms with Gasteiger partial charge in [0, 0.05) is 11.3 Å². The minimum atomic E-state index is -0.958. The van der Waals surface area contributed by atoms with E-state index in [1.807, 2.05) is 0 Å². The van der Waals surface area contributed by atoms with Gasteiger partial charge in [0.2, 0.25) is 0 Å². The summed E-state index contributed by atoms with van der Waals surface area (Å²) in [5.41, 5.74) is -1.33.